The highest BCUT2D eigenvalue weighted by Crippen LogP contribution is 3.44. The Balaban J connectivity index is 1.63. The summed E-state index contributed by atoms with van der Waals surface area (Å²) in [6.07, 6.45) is 9.29. The highest BCUT2D eigenvalue weighted by Gasteiger charge is 2.78. The zero-order chi connectivity index (χ0) is 7.92. The Morgan fingerprint density at radius 1 is 1.00 bits per heavy atom. The molecule has 66 valence electrons. The maximum absolute atomic E-state index is 6.91. The second kappa shape index (κ2) is 2.35. The first-order chi connectivity index (χ1) is 5.85. The van der Waals surface area contributed by atoms with Gasteiger partial charge in [-0.1, -0.05) is 6.42 Å². The molecule has 5 rings (SSSR count). The van der Waals surface area contributed by atoms with Gasteiger partial charge in [-0.3, -0.25) is 0 Å². The summed E-state index contributed by atoms with van der Waals surface area (Å²) in [6, 6.07) is 0. The molecule has 12 heavy (non-hydrogen) atoms. The summed E-state index contributed by atoms with van der Waals surface area (Å²) < 4.78 is 0. The van der Waals surface area contributed by atoms with Crippen LogP contribution in [0.2, 0.25) is 0 Å². The lowest BCUT2D eigenvalue weighted by Gasteiger charge is -2.31. The molecule has 4 heterocycles. The third-order valence-electron chi connectivity index (χ3n) is 3.28. The van der Waals surface area contributed by atoms with Gasteiger partial charge in [0.25, 0.3) is 0 Å². The van der Waals surface area contributed by atoms with Crippen LogP contribution < -0.4 is 0 Å². The van der Waals surface area contributed by atoms with Crippen molar-refractivity contribution in [2.45, 2.75) is 37.8 Å². The van der Waals surface area contributed by atoms with Crippen molar-refractivity contribution < 1.29 is 0 Å². The van der Waals surface area contributed by atoms with E-state index in [-0.39, 0.29) is 0 Å². The van der Waals surface area contributed by atoms with E-state index in [1.807, 2.05) is 0 Å². The molecule has 0 saturated heterocycles. The van der Waals surface area contributed by atoms with E-state index in [0.29, 0.717) is 13.2 Å². The van der Waals surface area contributed by atoms with Gasteiger partial charge in [0, 0.05) is 0 Å². The van der Waals surface area contributed by atoms with E-state index in [4.69, 9.17) is 11.2 Å². The molecule has 0 atom stereocenters. The van der Waals surface area contributed by atoms with Gasteiger partial charge in [0.15, 0.2) is 0 Å². The number of hydrogen-bond donors (Lipinski definition) is 0. The molecule has 0 N–H and O–H groups in total. The number of rotatable bonds is 1. The van der Waals surface area contributed by atoms with Gasteiger partial charge in [-0.05, 0) is 25.7 Å². The highest BCUT2D eigenvalue weighted by atomic mass is 35.7. The van der Waals surface area contributed by atoms with Gasteiger partial charge in [-0.25, -0.2) is 0 Å². The molecule has 0 aromatic carbocycles. The van der Waals surface area contributed by atoms with Gasteiger partial charge < -0.3 is 0 Å². The lowest BCUT2D eigenvalue weighted by molar-refractivity contribution is 0.513. The zero-order valence-electron chi connectivity index (χ0n) is 6.73. The quantitative estimate of drug-likeness (QED) is 0.498. The second-order valence-corrected chi connectivity index (χ2v) is 41.5. The topological polar surface area (TPSA) is 0 Å². The van der Waals surface area contributed by atoms with E-state index in [2.05, 4.69) is 0 Å². The number of hydrogen-bond acceptors (Lipinski definition) is 0. The zero-order valence-corrected chi connectivity index (χ0v) is 12.0. The summed E-state index contributed by atoms with van der Waals surface area (Å²) in [4.78, 5) is 0. The highest BCUT2D eigenvalue weighted by molar-refractivity contribution is 9.44. The van der Waals surface area contributed by atoms with Crippen LogP contribution in [0.5, 0.6) is 0 Å². The number of halogens is 1. The van der Waals surface area contributed by atoms with Crippen molar-refractivity contribution in [3.05, 3.63) is 0 Å². The van der Waals surface area contributed by atoms with Gasteiger partial charge in [-0.2, -0.15) is 0 Å². The predicted octanol–water partition coefficient (Wildman–Crippen LogP) is 6.86. The van der Waals surface area contributed by atoms with Crippen LogP contribution in [-0.2, 0) is 0 Å². The van der Waals surface area contributed by atoms with Crippen molar-refractivity contribution in [3.8, 4) is 0 Å². The summed E-state index contributed by atoms with van der Waals surface area (Å²) in [5.41, 5.74) is 1.12. The Morgan fingerprint density at radius 2 is 1.58 bits per heavy atom. The average Bonchev–Trinajstić information content (AvgIpc) is 2.90. The first-order valence-corrected chi connectivity index (χ1v) is 17.7. The van der Waals surface area contributed by atoms with E-state index >= 15 is 0 Å². The smallest absolute Gasteiger partial charge is 0.0530 e. The Hall–Kier alpha value is 1.92. The molecule has 1 fully saturated rings. The molecular formula is C6H11ClP5+. The average molecular weight is 273 g/mol. The monoisotopic (exact) mass is 273 g/mol. The van der Waals surface area contributed by atoms with E-state index in [0.717, 1.165) is 18.4 Å². The van der Waals surface area contributed by atoms with Crippen LogP contribution in [-0.4, -0.2) is 5.66 Å². The summed E-state index contributed by atoms with van der Waals surface area (Å²) in [7, 11) is 0. The van der Waals surface area contributed by atoms with Gasteiger partial charge in [0.2, 0.25) is 5.99 Å². The SMILES string of the molecule is Cl[P+]1(C2CCCCC2)p2p3p1p23. The summed E-state index contributed by atoms with van der Waals surface area (Å²) in [5, 5.41) is 0. The summed E-state index contributed by atoms with van der Waals surface area (Å²) in [6.45, 7) is 1.35. The molecule has 2 bridgehead atoms. The molecule has 3 aliphatic rings. The summed E-state index contributed by atoms with van der Waals surface area (Å²) >= 11 is 6.91. The maximum atomic E-state index is 6.91. The Morgan fingerprint density at radius 3 is 2.08 bits per heavy atom. The third-order valence-corrected chi connectivity index (χ3v) is 86.0. The van der Waals surface area contributed by atoms with Crippen LogP contribution in [0.1, 0.15) is 32.1 Å². The van der Waals surface area contributed by atoms with Crippen molar-refractivity contribution >= 4 is 43.1 Å². The van der Waals surface area contributed by atoms with Crippen molar-refractivity contribution in [3.63, 3.8) is 0 Å². The van der Waals surface area contributed by atoms with Crippen LogP contribution in [0, 0.1) is 0 Å². The van der Waals surface area contributed by atoms with Crippen LogP contribution in [0.4, 0.5) is 0 Å². The van der Waals surface area contributed by atoms with Crippen molar-refractivity contribution in [2.75, 3.05) is 0 Å². The predicted molar refractivity (Wildman–Crippen MR) is 67.3 cm³/mol. The van der Waals surface area contributed by atoms with Crippen molar-refractivity contribution in [1.82, 2.24) is 0 Å². The lowest BCUT2D eigenvalue weighted by atomic mass is 10.0. The minimum absolute atomic E-state index is 0.616. The largest absolute Gasteiger partial charge is 0.217 e. The van der Waals surface area contributed by atoms with E-state index < -0.39 is 5.99 Å². The van der Waals surface area contributed by atoms with Crippen molar-refractivity contribution in [1.29, 1.82) is 0 Å². The fourth-order valence-electron chi connectivity index (χ4n) is 2.49. The molecule has 0 unspecified atom stereocenters. The Bertz CT molecular complexity index is 366. The second-order valence-electron chi connectivity index (χ2n) is 3.93. The Labute approximate surface area is 80.9 Å². The summed E-state index contributed by atoms with van der Waals surface area (Å²) in [5.74, 6) is -0.616. The fourth-order valence-corrected chi connectivity index (χ4v) is 153. The van der Waals surface area contributed by atoms with E-state index in [9.17, 15) is 0 Å². The maximum Gasteiger partial charge on any atom is 0.217 e. The van der Waals surface area contributed by atoms with Crippen LogP contribution >= 0.6 is 43.1 Å². The van der Waals surface area contributed by atoms with Gasteiger partial charge in [-0.15, -0.1) is 0 Å². The van der Waals surface area contributed by atoms with Crippen LogP contribution in [0.3, 0.4) is 0 Å². The molecule has 2 aliphatic heterocycles. The molecule has 0 radical (unpaired) electrons. The standard InChI is InChI=1S/C6H11ClP5/c7-12(6-4-2-1-3-5-6)10-8-9(10)11(8)12/h6H,1-5H2/q+1. The van der Waals surface area contributed by atoms with Crippen LogP contribution in [0.15, 0.2) is 0 Å². The molecule has 0 nitrogen and oxygen atoms in total. The molecule has 1 saturated carbocycles. The molecule has 2 aromatic heterocycles. The molecule has 0 amide bonds. The minimum atomic E-state index is -0.616. The first-order valence-electron chi connectivity index (χ1n) is 4.64. The normalized spacial score (nSPS) is 42.8. The van der Waals surface area contributed by atoms with Crippen LogP contribution in [0.25, 0.3) is 0 Å². The molecule has 0 spiro atoms. The van der Waals surface area contributed by atoms with Gasteiger partial charge in [0.1, 0.15) is 30.1 Å². The lowest BCUT2D eigenvalue weighted by Crippen LogP contribution is -2.10. The van der Waals surface area contributed by atoms with Crippen molar-refractivity contribution in [2.24, 2.45) is 0 Å². The Kier molecular flexibility index (Phi) is 1.59. The fraction of sp³-hybridized carbons (Fsp3) is 1.00. The molecular weight excluding hydrogens is 262 g/mol. The third kappa shape index (κ3) is 0.737. The molecule has 1 aliphatic carbocycles. The minimum Gasteiger partial charge on any atom is -0.0530 e. The van der Waals surface area contributed by atoms with E-state index in [1.165, 1.54) is 19.3 Å². The first kappa shape index (κ1) is 8.12. The molecule has 6 heteroatoms. The van der Waals surface area contributed by atoms with E-state index in [1.54, 1.807) is 12.8 Å². The van der Waals surface area contributed by atoms with Gasteiger partial charge >= 0.3 is 0 Å². The molecule has 2 aromatic rings. The van der Waals surface area contributed by atoms with Gasteiger partial charge in [0.05, 0.1) is 12.7 Å².